The van der Waals surface area contributed by atoms with Gasteiger partial charge in [-0.05, 0) is 37.2 Å². The van der Waals surface area contributed by atoms with Crippen molar-refractivity contribution in [2.45, 2.75) is 25.2 Å². The fourth-order valence-electron chi connectivity index (χ4n) is 1.65. The Morgan fingerprint density at radius 2 is 1.70 bits per heavy atom. The first kappa shape index (κ1) is 16.7. The van der Waals surface area contributed by atoms with Gasteiger partial charge in [0.1, 0.15) is 0 Å². The van der Waals surface area contributed by atoms with Crippen LogP contribution in [-0.4, -0.2) is 39.7 Å². The molecule has 0 aliphatic heterocycles. The highest BCUT2D eigenvalue weighted by Gasteiger charge is 2.12. The Morgan fingerprint density at radius 1 is 1.05 bits per heavy atom. The molecule has 0 aliphatic carbocycles. The highest BCUT2D eigenvalue weighted by atomic mass is 32.2. The van der Waals surface area contributed by atoms with E-state index in [0.717, 1.165) is 19.5 Å². The van der Waals surface area contributed by atoms with Crippen molar-refractivity contribution in [1.29, 1.82) is 0 Å². The van der Waals surface area contributed by atoms with Crippen molar-refractivity contribution in [3.8, 4) is 0 Å². The van der Waals surface area contributed by atoms with E-state index >= 15 is 0 Å². The Balaban J connectivity index is 2.54. The van der Waals surface area contributed by atoms with Crippen LogP contribution in [-0.2, 0) is 9.84 Å². The minimum Gasteiger partial charge on any atom is -0.351 e. The average Bonchev–Trinajstić information content (AvgIpc) is 2.47. The molecule has 0 saturated heterocycles. The predicted molar refractivity (Wildman–Crippen MR) is 79.7 cm³/mol. The van der Waals surface area contributed by atoms with Gasteiger partial charge < -0.3 is 10.6 Å². The van der Waals surface area contributed by atoms with Gasteiger partial charge in [0.25, 0.3) is 5.91 Å². The van der Waals surface area contributed by atoms with Gasteiger partial charge in [0.2, 0.25) is 0 Å². The number of hydrogen-bond donors (Lipinski definition) is 2. The van der Waals surface area contributed by atoms with Crippen molar-refractivity contribution in [1.82, 2.24) is 10.6 Å². The molecule has 1 aromatic carbocycles. The number of amides is 1. The van der Waals surface area contributed by atoms with Gasteiger partial charge in [-0.1, -0.05) is 13.8 Å². The molecule has 0 atom stereocenters. The van der Waals surface area contributed by atoms with E-state index in [2.05, 4.69) is 17.6 Å². The molecule has 2 N–H and O–H groups in total. The number of nitrogens with one attached hydrogen (secondary N) is 2. The van der Waals surface area contributed by atoms with E-state index in [0.29, 0.717) is 12.1 Å². The van der Waals surface area contributed by atoms with E-state index in [4.69, 9.17) is 0 Å². The molecule has 5 nitrogen and oxygen atoms in total. The summed E-state index contributed by atoms with van der Waals surface area (Å²) >= 11 is 0. The van der Waals surface area contributed by atoms with E-state index in [1.807, 2.05) is 0 Å². The topological polar surface area (TPSA) is 75.3 Å². The number of sulfone groups is 1. The second-order valence-corrected chi connectivity index (χ2v) is 6.71. The van der Waals surface area contributed by atoms with Crippen molar-refractivity contribution in [2.24, 2.45) is 0 Å². The molecule has 6 heteroatoms. The third kappa shape index (κ3) is 4.94. The Morgan fingerprint density at radius 3 is 2.25 bits per heavy atom. The number of carbonyl (C=O) groups is 1. The first-order valence-electron chi connectivity index (χ1n) is 6.83. The van der Waals surface area contributed by atoms with Crippen LogP contribution in [0, 0.1) is 0 Å². The summed E-state index contributed by atoms with van der Waals surface area (Å²) < 4.78 is 23.3. The summed E-state index contributed by atoms with van der Waals surface area (Å²) in [6, 6.07) is 6.03. The van der Waals surface area contributed by atoms with Crippen LogP contribution < -0.4 is 10.6 Å². The Hall–Kier alpha value is -1.40. The molecule has 20 heavy (non-hydrogen) atoms. The van der Waals surface area contributed by atoms with E-state index in [1.54, 1.807) is 6.92 Å². The first-order chi connectivity index (χ1) is 9.51. The van der Waals surface area contributed by atoms with Crippen molar-refractivity contribution in [3.05, 3.63) is 29.8 Å². The summed E-state index contributed by atoms with van der Waals surface area (Å²) in [7, 11) is -3.21. The van der Waals surface area contributed by atoms with E-state index in [-0.39, 0.29) is 16.6 Å². The zero-order valence-electron chi connectivity index (χ0n) is 12.0. The van der Waals surface area contributed by atoms with Gasteiger partial charge in [0.05, 0.1) is 10.6 Å². The van der Waals surface area contributed by atoms with Gasteiger partial charge in [-0.15, -0.1) is 0 Å². The molecule has 0 aromatic heterocycles. The van der Waals surface area contributed by atoms with Crippen molar-refractivity contribution < 1.29 is 13.2 Å². The van der Waals surface area contributed by atoms with E-state index in [1.165, 1.54) is 24.3 Å². The molecule has 0 radical (unpaired) electrons. The van der Waals surface area contributed by atoms with Gasteiger partial charge in [-0.25, -0.2) is 8.42 Å². The summed E-state index contributed by atoms with van der Waals surface area (Å²) in [6.45, 7) is 5.88. The maximum Gasteiger partial charge on any atom is 0.251 e. The van der Waals surface area contributed by atoms with Crippen molar-refractivity contribution in [2.75, 3.05) is 25.4 Å². The molecule has 1 amide bonds. The van der Waals surface area contributed by atoms with Crippen LogP contribution in [0.1, 0.15) is 30.6 Å². The van der Waals surface area contributed by atoms with Crippen LogP contribution in [0.15, 0.2) is 29.2 Å². The largest absolute Gasteiger partial charge is 0.351 e. The van der Waals surface area contributed by atoms with Crippen LogP contribution >= 0.6 is 0 Å². The third-order valence-corrected chi connectivity index (χ3v) is 4.62. The Kier molecular flexibility index (Phi) is 6.67. The van der Waals surface area contributed by atoms with Gasteiger partial charge in [-0.3, -0.25) is 4.79 Å². The lowest BCUT2D eigenvalue weighted by Gasteiger charge is -2.07. The lowest BCUT2D eigenvalue weighted by Crippen LogP contribution is -2.32. The second kappa shape index (κ2) is 8.01. The maximum absolute atomic E-state index is 11.8. The SMILES string of the molecule is CCCNCCNC(=O)c1ccc(S(=O)(=O)CC)cc1. The molecule has 0 fully saturated rings. The van der Waals surface area contributed by atoms with Gasteiger partial charge in [0, 0.05) is 18.7 Å². The van der Waals surface area contributed by atoms with Gasteiger partial charge in [-0.2, -0.15) is 0 Å². The third-order valence-electron chi connectivity index (χ3n) is 2.87. The van der Waals surface area contributed by atoms with Crippen LogP contribution in [0.25, 0.3) is 0 Å². The molecule has 0 heterocycles. The molecule has 0 unspecified atom stereocenters. The number of carbonyl (C=O) groups excluding carboxylic acids is 1. The minimum atomic E-state index is -3.21. The molecule has 0 aliphatic rings. The molecule has 1 rings (SSSR count). The Bertz CT molecular complexity index is 524. The summed E-state index contributed by atoms with van der Waals surface area (Å²) in [4.78, 5) is 12.1. The first-order valence-corrected chi connectivity index (χ1v) is 8.48. The molecule has 0 bridgehead atoms. The van der Waals surface area contributed by atoms with Crippen LogP contribution in [0.3, 0.4) is 0 Å². The van der Waals surface area contributed by atoms with Gasteiger partial charge in [0.15, 0.2) is 9.84 Å². The highest BCUT2D eigenvalue weighted by Crippen LogP contribution is 2.12. The van der Waals surface area contributed by atoms with Gasteiger partial charge >= 0.3 is 0 Å². The van der Waals surface area contributed by atoms with Crippen molar-refractivity contribution in [3.63, 3.8) is 0 Å². The van der Waals surface area contributed by atoms with Crippen LogP contribution in [0.5, 0.6) is 0 Å². The monoisotopic (exact) mass is 298 g/mol. The smallest absolute Gasteiger partial charge is 0.251 e. The molecule has 0 saturated carbocycles. The second-order valence-electron chi connectivity index (χ2n) is 4.43. The molecule has 112 valence electrons. The minimum absolute atomic E-state index is 0.0572. The highest BCUT2D eigenvalue weighted by molar-refractivity contribution is 7.91. The lowest BCUT2D eigenvalue weighted by atomic mass is 10.2. The Labute approximate surface area is 120 Å². The lowest BCUT2D eigenvalue weighted by molar-refractivity contribution is 0.0954. The average molecular weight is 298 g/mol. The van der Waals surface area contributed by atoms with E-state index in [9.17, 15) is 13.2 Å². The molecule has 0 spiro atoms. The van der Waals surface area contributed by atoms with E-state index < -0.39 is 9.84 Å². The standard InChI is InChI=1S/C14H22N2O3S/c1-3-9-15-10-11-16-14(17)12-5-7-13(8-6-12)20(18,19)4-2/h5-8,15H,3-4,9-11H2,1-2H3,(H,16,17). The molecular weight excluding hydrogens is 276 g/mol. The molecular formula is C14H22N2O3S. The molecule has 1 aromatic rings. The normalized spacial score (nSPS) is 11.3. The number of hydrogen-bond acceptors (Lipinski definition) is 4. The van der Waals surface area contributed by atoms with Crippen LogP contribution in [0.4, 0.5) is 0 Å². The predicted octanol–water partition coefficient (Wildman–Crippen LogP) is 1.21. The summed E-state index contributed by atoms with van der Waals surface area (Å²) in [5, 5.41) is 5.96. The number of benzene rings is 1. The van der Waals surface area contributed by atoms with Crippen molar-refractivity contribution >= 4 is 15.7 Å². The fourth-order valence-corrected chi connectivity index (χ4v) is 2.53. The van der Waals surface area contributed by atoms with Crippen LogP contribution in [0.2, 0.25) is 0 Å². The number of rotatable bonds is 8. The maximum atomic E-state index is 11.8. The quantitative estimate of drug-likeness (QED) is 0.707. The fraction of sp³-hybridized carbons (Fsp3) is 0.500. The zero-order chi connectivity index (χ0) is 15.0. The summed E-state index contributed by atoms with van der Waals surface area (Å²) in [5.74, 6) is -0.134. The summed E-state index contributed by atoms with van der Waals surface area (Å²) in [6.07, 6.45) is 1.06. The zero-order valence-corrected chi connectivity index (χ0v) is 12.8. The summed E-state index contributed by atoms with van der Waals surface area (Å²) in [5.41, 5.74) is 0.468.